The summed E-state index contributed by atoms with van der Waals surface area (Å²) in [6, 6.07) is 6.06. The molecule has 1 aromatic carbocycles. The zero-order valence-electron chi connectivity index (χ0n) is 16.0. The third-order valence-electron chi connectivity index (χ3n) is 4.45. The van der Waals surface area contributed by atoms with Crippen molar-refractivity contribution in [3.63, 3.8) is 0 Å². The van der Waals surface area contributed by atoms with Gasteiger partial charge in [-0.05, 0) is 24.1 Å². The van der Waals surface area contributed by atoms with Gasteiger partial charge in [-0.2, -0.15) is 0 Å². The van der Waals surface area contributed by atoms with E-state index in [2.05, 4.69) is 0 Å². The van der Waals surface area contributed by atoms with Gasteiger partial charge in [0.25, 0.3) is 0 Å². The number of halogens is 1. The monoisotopic (exact) mass is 415 g/mol. The quantitative estimate of drug-likeness (QED) is 0.328. The van der Waals surface area contributed by atoms with E-state index in [0.717, 1.165) is 0 Å². The number of carbonyl (C=O) groups excluding carboxylic acids is 2. The van der Waals surface area contributed by atoms with Crippen LogP contribution in [0.4, 0.5) is 4.39 Å². The Bertz CT molecular complexity index is 700. The average molecular weight is 415 g/mol. The van der Waals surface area contributed by atoms with E-state index in [4.69, 9.17) is 19.9 Å². The number of hydrogen-bond acceptors (Lipinski definition) is 9. The number of carbonyl (C=O) groups is 2. The van der Waals surface area contributed by atoms with Crippen molar-refractivity contribution in [1.29, 1.82) is 0 Å². The molecule has 162 valence electrons. The minimum Gasteiger partial charge on any atom is -0.431 e. The molecule has 1 aliphatic rings. The van der Waals surface area contributed by atoms with Crippen LogP contribution in [0.3, 0.4) is 0 Å². The Morgan fingerprint density at radius 2 is 1.90 bits per heavy atom. The number of alkyl halides is 1. The molecule has 0 bridgehead atoms. The van der Waals surface area contributed by atoms with E-state index < -0.39 is 42.8 Å². The number of benzene rings is 1. The first-order valence-corrected chi connectivity index (χ1v) is 9.21. The van der Waals surface area contributed by atoms with Crippen molar-refractivity contribution < 1.29 is 43.5 Å². The standard InChI is InChI=1S/C19H26FNO8/c1-2-3-14(23)28-12-6-4-11(5-7-12)8-19(21,10-20)18(26)29-17-16(25)15(24)13(22)9-27-17/h4-7,13,15-17,22,24-25H,2-3,8-10,21H2,1H3/t13?,15-,16+,17-,19+/m0/s1. The molecule has 0 amide bonds. The summed E-state index contributed by atoms with van der Waals surface area (Å²) >= 11 is 0. The van der Waals surface area contributed by atoms with Gasteiger partial charge in [-0.25, -0.2) is 9.18 Å². The van der Waals surface area contributed by atoms with Gasteiger partial charge in [-0.3, -0.25) is 4.79 Å². The summed E-state index contributed by atoms with van der Waals surface area (Å²) in [5.74, 6) is -1.24. The molecule has 1 saturated heterocycles. The summed E-state index contributed by atoms with van der Waals surface area (Å²) in [7, 11) is 0. The summed E-state index contributed by atoms with van der Waals surface area (Å²) in [6.45, 7) is 0.218. The number of esters is 2. The Balaban J connectivity index is 2.01. The topological polar surface area (TPSA) is 149 Å². The fraction of sp³-hybridized carbons (Fsp3) is 0.579. The average Bonchev–Trinajstić information content (AvgIpc) is 2.70. The van der Waals surface area contributed by atoms with E-state index in [1.54, 1.807) is 0 Å². The second kappa shape index (κ2) is 10.1. The first-order valence-electron chi connectivity index (χ1n) is 9.21. The van der Waals surface area contributed by atoms with Gasteiger partial charge in [-0.1, -0.05) is 19.1 Å². The number of nitrogens with two attached hydrogens (primary N) is 1. The third kappa shape index (κ3) is 5.94. The Morgan fingerprint density at radius 1 is 1.24 bits per heavy atom. The fourth-order valence-corrected chi connectivity index (χ4v) is 2.71. The zero-order chi connectivity index (χ0) is 21.6. The largest absolute Gasteiger partial charge is 0.431 e. The normalized spacial score (nSPS) is 26.4. The Hall–Kier alpha value is -2.11. The molecule has 1 heterocycles. The number of ether oxygens (including phenoxy) is 3. The number of rotatable bonds is 8. The van der Waals surface area contributed by atoms with Crippen LogP contribution < -0.4 is 10.5 Å². The molecule has 0 saturated carbocycles. The molecule has 9 nitrogen and oxygen atoms in total. The third-order valence-corrected chi connectivity index (χ3v) is 4.45. The number of hydrogen-bond donors (Lipinski definition) is 4. The summed E-state index contributed by atoms with van der Waals surface area (Å²) in [4.78, 5) is 23.9. The van der Waals surface area contributed by atoms with E-state index in [-0.39, 0.29) is 25.4 Å². The van der Waals surface area contributed by atoms with Crippen LogP contribution in [0.2, 0.25) is 0 Å². The maximum absolute atomic E-state index is 13.6. The van der Waals surface area contributed by atoms with E-state index in [1.807, 2.05) is 6.92 Å². The summed E-state index contributed by atoms with van der Waals surface area (Å²) < 4.78 is 28.7. The Labute approximate surface area is 167 Å². The van der Waals surface area contributed by atoms with Gasteiger partial charge in [0, 0.05) is 12.8 Å². The van der Waals surface area contributed by atoms with E-state index in [9.17, 15) is 29.3 Å². The minimum atomic E-state index is -2.06. The van der Waals surface area contributed by atoms with Crippen molar-refractivity contribution in [2.75, 3.05) is 13.3 Å². The first-order chi connectivity index (χ1) is 13.7. The van der Waals surface area contributed by atoms with Crippen LogP contribution in [0, 0.1) is 0 Å². The van der Waals surface area contributed by atoms with Gasteiger partial charge in [0.2, 0.25) is 6.29 Å². The maximum Gasteiger partial charge on any atom is 0.331 e. The molecule has 1 fully saturated rings. The maximum atomic E-state index is 13.6. The second-order valence-electron chi connectivity index (χ2n) is 6.99. The molecule has 10 heteroatoms. The van der Waals surface area contributed by atoms with Gasteiger partial charge in [0.15, 0.2) is 0 Å². The molecule has 2 rings (SSSR count). The lowest BCUT2D eigenvalue weighted by atomic mass is 9.93. The highest BCUT2D eigenvalue weighted by molar-refractivity contribution is 5.81. The lowest BCUT2D eigenvalue weighted by molar-refractivity contribution is -0.265. The summed E-state index contributed by atoms with van der Waals surface area (Å²) in [5, 5.41) is 28.9. The predicted octanol–water partition coefficient (Wildman–Crippen LogP) is -0.416. The molecule has 1 unspecified atom stereocenters. The van der Waals surface area contributed by atoms with Crippen molar-refractivity contribution >= 4 is 11.9 Å². The highest BCUT2D eigenvalue weighted by Crippen LogP contribution is 2.22. The molecular weight excluding hydrogens is 389 g/mol. The molecule has 5 N–H and O–H groups in total. The van der Waals surface area contributed by atoms with Crippen LogP contribution in [0.15, 0.2) is 24.3 Å². The smallest absolute Gasteiger partial charge is 0.331 e. The molecule has 1 aromatic rings. The van der Waals surface area contributed by atoms with Gasteiger partial charge < -0.3 is 35.3 Å². The van der Waals surface area contributed by atoms with Crippen molar-refractivity contribution in [2.24, 2.45) is 5.73 Å². The van der Waals surface area contributed by atoms with Gasteiger partial charge >= 0.3 is 11.9 Å². The van der Waals surface area contributed by atoms with Gasteiger partial charge in [0.1, 0.15) is 36.3 Å². The van der Waals surface area contributed by atoms with Crippen LogP contribution in [0.1, 0.15) is 25.3 Å². The SMILES string of the molecule is CCCC(=O)Oc1ccc(C[C@@](N)(CF)C(=O)O[C@@H]2OCC(O)[C@H](O)[C@H]2O)cc1. The van der Waals surface area contributed by atoms with Crippen molar-refractivity contribution in [3.8, 4) is 5.75 Å². The number of aliphatic hydroxyl groups is 3. The minimum absolute atomic E-state index is 0.237. The van der Waals surface area contributed by atoms with E-state index in [1.165, 1.54) is 24.3 Å². The molecular formula is C19H26FNO8. The predicted molar refractivity (Wildman–Crippen MR) is 97.4 cm³/mol. The molecule has 0 radical (unpaired) electrons. The fourth-order valence-electron chi connectivity index (χ4n) is 2.71. The zero-order valence-corrected chi connectivity index (χ0v) is 16.0. The molecule has 5 atom stereocenters. The molecule has 0 spiro atoms. The van der Waals surface area contributed by atoms with Crippen molar-refractivity contribution in [2.45, 2.75) is 56.3 Å². The van der Waals surface area contributed by atoms with Crippen LogP contribution in [0.25, 0.3) is 0 Å². The highest BCUT2D eigenvalue weighted by atomic mass is 19.1. The molecule has 0 aromatic heterocycles. The Morgan fingerprint density at radius 3 is 2.48 bits per heavy atom. The highest BCUT2D eigenvalue weighted by Gasteiger charge is 2.44. The van der Waals surface area contributed by atoms with Crippen molar-refractivity contribution in [3.05, 3.63) is 29.8 Å². The molecule has 29 heavy (non-hydrogen) atoms. The van der Waals surface area contributed by atoms with Crippen LogP contribution in [-0.2, 0) is 25.5 Å². The lowest BCUT2D eigenvalue weighted by Crippen LogP contribution is -2.58. The number of aliphatic hydroxyl groups excluding tert-OH is 3. The summed E-state index contributed by atoms with van der Waals surface area (Å²) in [5.41, 5.74) is 4.29. The Kier molecular flexibility index (Phi) is 8.05. The van der Waals surface area contributed by atoms with E-state index in [0.29, 0.717) is 17.7 Å². The molecule has 1 aliphatic heterocycles. The van der Waals surface area contributed by atoms with Crippen molar-refractivity contribution in [1.82, 2.24) is 0 Å². The lowest BCUT2D eigenvalue weighted by Gasteiger charge is -2.36. The van der Waals surface area contributed by atoms with Gasteiger partial charge in [0.05, 0.1) is 6.61 Å². The first kappa shape index (κ1) is 23.2. The second-order valence-corrected chi connectivity index (χ2v) is 6.99. The van der Waals surface area contributed by atoms with Crippen LogP contribution in [0.5, 0.6) is 5.75 Å². The summed E-state index contributed by atoms with van der Waals surface area (Å²) in [6.07, 6.45) is -5.52. The molecule has 0 aliphatic carbocycles. The van der Waals surface area contributed by atoms with Crippen LogP contribution in [-0.4, -0.2) is 70.7 Å². The van der Waals surface area contributed by atoms with Gasteiger partial charge in [-0.15, -0.1) is 0 Å². The van der Waals surface area contributed by atoms with E-state index >= 15 is 0 Å². The van der Waals surface area contributed by atoms with Crippen LogP contribution >= 0.6 is 0 Å².